The fourth-order valence-electron chi connectivity index (χ4n) is 2.43. The van der Waals surface area contributed by atoms with E-state index in [-0.39, 0.29) is 11.9 Å². The molecule has 0 aliphatic carbocycles. The molecule has 106 valence electrons. The van der Waals surface area contributed by atoms with E-state index in [9.17, 15) is 4.79 Å². The lowest BCUT2D eigenvalue weighted by Crippen LogP contribution is -2.42. The summed E-state index contributed by atoms with van der Waals surface area (Å²) < 4.78 is 0. The Hall–Kier alpha value is -0.610. The van der Waals surface area contributed by atoms with Crippen LogP contribution in [-0.4, -0.2) is 42.5 Å². The molecule has 0 aromatic rings. The lowest BCUT2D eigenvalue weighted by molar-refractivity contribution is -0.122. The number of unbranched alkanes of at least 4 members (excludes halogenated alkanes) is 1. The molecule has 1 heterocycles. The van der Waals surface area contributed by atoms with Gasteiger partial charge in [-0.2, -0.15) is 0 Å². The first kappa shape index (κ1) is 15.4. The van der Waals surface area contributed by atoms with Gasteiger partial charge >= 0.3 is 0 Å². The minimum Gasteiger partial charge on any atom is -0.354 e. The van der Waals surface area contributed by atoms with E-state index in [1.54, 1.807) is 0 Å². The minimum atomic E-state index is -0.326. The van der Waals surface area contributed by atoms with Crippen LogP contribution in [0.25, 0.3) is 0 Å². The van der Waals surface area contributed by atoms with Gasteiger partial charge in [0.25, 0.3) is 0 Å². The van der Waals surface area contributed by atoms with Crippen molar-refractivity contribution in [1.29, 1.82) is 0 Å². The van der Waals surface area contributed by atoms with Crippen molar-refractivity contribution >= 4 is 5.91 Å². The zero-order valence-corrected chi connectivity index (χ0v) is 12.1. The smallest absolute Gasteiger partial charge is 0.236 e. The fourth-order valence-corrected chi connectivity index (χ4v) is 2.43. The van der Waals surface area contributed by atoms with Crippen LogP contribution in [0.5, 0.6) is 0 Å². The van der Waals surface area contributed by atoms with Crippen molar-refractivity contribution in [2.45, 2.75) is 58.5 Å². The fraction of sp³-hybridized carbons (Fsp3) is 0.929. The molecule has 18 heavy (non-hydrogen) atoms. The van der Waals surface area contributed by atoms with E-state index in [0.29, 0.717) is 12.0 Å². The summed E-state index contributed by atoms with van der Waals surface area (Å²) in [4.78, 5) is 14.2. The average Bonchev–Trinajstić information content (AvgIpc) is 2.81. The molecule has 3 N–H and O–H groups in total. The maximum atomic E-state index is 11.8. The second kappa shape index (κ2) is 7.74. The number of hydrogen-bond donors (Lipinski definition) is 2. The van der Waals surface area contributed by atoms with Gasteiger partial charge < -0.3 is 16.0 Å². The molecule has 1 aliphatic heterocycles. The summed E-state index contributed by atoms with van der Waals surface area (Å²) in [6, 6.07) is 0.282. The van der Waals surface area contributed by atoms with Gasteiger partial charge in [-0.25, -0.2) is 0 Å². The van der Waals surface area contributed by atoms with Crippen molar-refractivity contribution in [2.75, 3.05) is 19.6 Å². The SMILES string of the molecule is CCCC[C@H](N)C(=O)NCC1CCN(C(C)C)C1. The summed E-state index contributed by atoms with van der Waals surface area (Å²) in [6.45, 7) is 9.59. The van der Waals surface area contributed by atoms with Crippen LogP contribution in [0.1, 0.15) is 46.5 Å². The lowest BCUT2D eigenvalue weighted by atomic mass is 10.1. The largest absolute Gasteiger partial charge is 0.354 e. The number of nitrogens with zero attached hydrogens (tertiary/aromatic N) is 1. The summed E-state index contributed by atoms with van der Waals surface area (Å²) in [7, 11) is 0. The number of hydrogen-bond acceptors (Lipinski definition) is 3. The monoisotopic (exact) mass is 255 g/mol. The third-order valence-corrected chi connectivity index (χ3v) is 3.82. The molecular weight excluding hydrogens is 226 g/mol. The molecule has 0 bridgehead atoms. The number of carbonyl (C=O) groups is 1. The quantitative estimate of drug-likeness (QED) is 0.722. The molecule has 0 spiro atoms. The first-order valence-electron chi connectivity index (χ1n) is 7.32. The van der Waals surface area contributed by atoms with Crippen LogP contribution in [0.2, 0.25) is 0 Å². The van der Waals surface area contributed by atoms with Crippen LogP contribution >= 0.6 is 0 Å². The first-order valence-corrected chi connectivity index (χ1v) is 7.32. The van der Waals surface area contributed by atoms with Crippen molar-refractivity contribution < 1.29 is 4.79 Å². The highest BCUT2D eigenvalue weighted by Gasteiger charge is 2.24. The van der Waals surface area contributed by atoms with Crippen LogP contribution < -0.4 is 11.1 Å². The molecule has 1 unspecified atom stereocenters. The van der Waals surface area contributed by atoms with Gasteiger partial charge in [0.2, 0.25) is 5.91 Å². The van der Waals surface area contributed by atoms with E-state index < -0.39 is 0 Å². The van der Waals surface area contributed by atoms with Crippen LogP contribution in [0.3, 0.4) is 0 Å². The standard InChI is InChI=1S/C14H29N3O/c1-4-5-6-13(15)14(18)16-9-12-7-8-17(10-12)11(2)3/h11-13H,4-10,15H2,1-3H3,(H,16,18)/t12?,13-/m0/s1. The van der Waals surface area contributed by atoms with E-state index >= 15 is 0 Å². The van der Waals surface area contributed by atoms with Gasteiger partial charge in [0.15, 0.2) is 0 Å². The highest BCUT2D eigenvalue weighted by molar-refractivity contribution is 5.81. The number of rotatable bonds is 7. The molecule has 1 rings (SSSR count). The van der Waals surface area contributed by atoms with Crippen molar-refractivity contribution in [2.24, 2.45) is 11.7 Å². The maximum absolute atomic E-state index is 11.8. The molecule has 4 heteroatoms. The molecule has 1 saturated heterocycles. The predicted octanol–water partition coefficient (Wildman–Crippen LogP) is 1.35. The summed E-state index contributed by atoms with van der Waals surface area (Å²) in [6.07, 6.45) is 4.10. The minimum absolute atomic E-state index is 0.0199. The molecule has 1 aliphatic rings. The van der Waals surface area contributed by atoms with Gasteiger partial charge in [-0.3, -0.25) is 4.79 Å². The van der Waals surface area contributed by atoms with Crippen LogP contribution in [-0.2, 0) is 4.79 Å². The Labute approximate surface area is 111 Å². The molecule has 1 amide bonds. The van der Waals surface area contributed by atoms with Crippen molar-refractivity contribution in [1.82, 2.24) is 10.2 Å². The highest BCUT2D eigenvalue weighted by atomic mass is 16.2. The number of nitrogens with one attached hydrogen (secondary N) is 1. The zero-order chi connectivity index (χ0) is 13.5. The Morgan fingerprint density at radius 3 is 2.78 bits per heavy atom. The molecule has 0 aromatic heterocycles. The molecule has 0 aromatic carbocycles. The molecule has 2 atom stereocenters. The maximum Gasteiger partial charge on any atom is 0.236 e. The summed E-state index contributed by atoms with van der Waals surface area (Å²) in [5.74, 6) is 0.612. The topological polar surface area (TPSA) is 58.4 Å². The van der Waals surface area contributed by atoms with E-state index in [4.69, 9.17) is 5.73 Å². The Kier molecular flexibility index (Phi) is 6.65. The highest BCUT2D eigenvalue weighted by Crippen LogP contribution is 2.17. The van der Waals surface area contributed by atoms with Gasteiger partial charge in [0.05, 0.1) is 6.04 Å². The van der Waals surface area contributed by atoms with E-state index in [1.165, 1.54) is 6.42 Å². The normalized spacial score (nSPS) is 22.4. The summed E-state index contributed by atoms with van der Waals surface area (Å²) in [5.41, 5.74) is 5.84. The van der Waals surface area contributed by atoms with Crippen molar-refractivity contribution in [3.63, 3.8) is 0 Å². The Balaban J connectivity index is 2.19. The van der Waals surface area contributed by atoms with Crippen LogP contribution in [0, 0.1) is 5.92 Å². The third kappa shape index (κ3) is 4.94. The number of amides is 1. The molecular formula is C14H29N3O. The van der Waals surface area contributed by atoms with E-state index in [2.05, 4.69) is 31.0 Å². The number of nitrogens with two attached hydrogens (primary N) is 1. The Morgan fingerprint density at radius 1 is 1.50 bits per heavy atom. The lowest BCUT2D eigenvalue weighted by Gasteiger charge is -2.20. The third-order valence-electron chi connectivity index (χ3n) is 3.82. The van der Waals surface area contributed by atoms with Crippen molar-refractivity contribution in [3.05, 3.63) is 0 Å². The summed E-state index contributed by atoms with van der Waals surface area (Å²) in [5, 5.41) is 3.00. The van der Waals surface area contributed by atoms with E-state index in [0.717, 1.165) is 38.9 Å². The van der Waals surface area contributed by atoms with Gasteiger partial charge in [-0.05, 0) is 39.2 Å². The molecule has 4 nitrogen and oxygen atoms in total. The predicted molar refractivity (Wildman–Crippen MR) is 75.3 cm³/mol. The first-order chi connectivity index (χ1) is 8.54. The molecule has 0 radical (unpaired) electrons. The van der Waals surface area contributed by atoms with Crippen LogP contribution in [0.4, 0.5) is 0 Å². The van der Waals surface area contributed by atoms with Gasteiger partial charge in [-0.1, -0.05) is 19.8 Å². The van der Waals surface area contributed by atoms with Crippen molar-refractivity contribution in [3.8, 4) is 0 Å². The van der Waals surface area contributed by atoms with Gasteiger partial charge in [0, 0.05) is 19.1 Å². The molecule has 0 saturated carbocycles. The van der Waals surface area contributed by atoms with E-state index in [1.807, 2.05) is 0 Å². The zero-order valence-electron chi connectivity index (χ0n) is 12.1. The second-order valence-corrected chi connectivity index (χ2v) is 5.74. The number of carbonyl (C=O) groups excluding carboxylic acids is 1. The van der Waals surface area contributed by atoms with Gasteiger partial charge in [0.1, 0.15) is 0 Å². The average molecular weight is 255 g/mol. The molecule has 1 fully saturated rings. The second-order valence-electron chi connectivity index (χ2n) is 5.74. The van der Waals surface area contributed by atoms with Crippen LogP contribution in [0.15, 0.2) is 0 Å². The number of likely N-dealkylation sites (tertiary alicyclic amines) is 1. The van der Waals surface area contributed by atoms with Gasteiger partial charge in [-0.15, -0.1) is 0 Å². The Morgan fingerprint density at radius 2 is 2.22 bits per heavy atom. The summed E-state index contributed by atoms with van der Waals surface area (Å²) >= 11 is 0. The Bertz CT molecular complexity index is 255.